The Morgan fingerprint density at radius 1 is 1.21 bits per heavy atom. The van der Waals surface area contributed by atoms with E-state index in [1.54, 1.807) is 0 Å². The smallest absolute Gasteiger partial charge is 0.223 e. The molecule has 0 radical (unpaired) electrons. The van der Waals surface area contributed by atoms with Crippen LogP contribution in [-0.2, 0) is 6.42 Å². The molecule has 1 atom stereocenters. The Morgan fingerprint density at radius 2 is 2.11 bits per heavy atom. The lowest BCUT2D eigenvalue weighted by atomic mass is 10.0. The van der Waals surface area contributed by atoms with Gasteiger partial charge < -0.3 is 9.42 Å². The predicted octanol–water partition coefficient (Wildman–Crippen LogP) is 1.48. The van der Waals surface area contributed by atoms with Crippen LogP contribution in [0.25, 0.3) is 0 Å². The molecule has 2 saturated heterocycles. The van der Waals surface area contributed by atoms with Crippen molar-refractivity contribution in [2.24, 2.45) is 0 Å². The Kier molecular flexibility index (Phi) is 4.13. The molecule has 3 heterocycles. The number of hydrogen-bond donors (Lipinski definition) is 0. The van der Waals surface area contributed by atoms with Crippen molar-refractivity contribution in [2.45, 2.75) is 45.1 Å². The molecule has 0 N–H and O–H groups in total. The van der Waals surface area contributed by atoms with Crippen molar-refractivity contribution in [3.63, 3.8) is 0 Å². The van der Waals surface area contributed by atoms with Gasteiger partial charge in [0.1, 0.15) is 0 Å². The maximum atomic E-state index is 5.03. The van der Waals surface area contributed by atoms with Crippen molar-refractivity contribution < 1.29 is 4.52 Å². The van der Waals surface area contributed by atoms with Crippen LogP contribution in [0.4, 0.5) is 0 Å². The summed E-state index contributed by atoms with van der Waals surface area (Å²) in [4.78, 5) is 9.57. The quantitative estimate of drug-likeness (QED) is 0.827. The molecule has 0 amide bonds. The van der Waals surface area contributed by atoms with E-state index in [0.717, 1.165) is 24.8 Å². The molecule has 0 bridgehead atoms. The van der Waals surface area contributed by atoms with Crippen LogP contribution < -0.4 is 0 Å². The zero-order chi connectivity index (χ0) is 13.1. The van der Waals surface area contributed by atoms with Gasteiger partial charge in [-0.25, -0.2) is 0 Å². The van der Waals surface area contributed by atoms with E-state index in [1.165, 1.54) is 51.9 Å². The molecular weight excluding hydrogens is 240 g/mol. The van der Waals surface area contributed by atoms with Crippen molar-refractivity contribution in [2.75, 3.05) is 32.7 Å². The number of piperidine rings is 1. The average molecular weight is 264 g/mol. The highest BCUT2D eigenvalue weighted by molar-refractivity contribution is 4.87. The summed E-state index contributed by atoms with van der Waals surface area (Å²) in [6, 6.07) is 0.781. The van der Waals surface area contributed by atoms with Crippen LogP contribution in [0, 0.1) is 6.92 Å². The summed E-state index contributed by atoms with van der Waals surface area (Å²) in [5.41, 5.74) is 0. The molecule has 1 unspecified atom stereocenters. The van der Waals surface area contributed by atoms with Crippen LogP contribution in [0.1, 0.15) is 37.4 Å². The molecule has 0 aliphatic carbocycles. The summed E-state index contributed by atoms with van der Waals surface area (Å²) in [6.45, 7) is 7.93. The molecule has 0 spiro atoms. The van der Waals surface area contributed by atoms with Crippen LogP contribution in [0.15, 0.2) is 4.52 Å². The minimum atomic E-state index is 0.671. The minimum absolute atomic E-state index is 0.671. The second-order valence-electron chi connectivity index (χ2n) is 5.82. The third kappa shape index (κ3) is 3.34. The molecule has 0 aromatic carbocycles. The highest BCUT2D eigenvalue weighted by Gasteiger charge is 2.26. The fourth-order valence-corrected chi connectivity index (χ4v) is 3.35. The standard InChI is InChI=1S/C14H24N4O/c1-12-15-14(16-19-12)6-10-17-7-4-9-18-8-3-2-5-13(18)11-17/h13H,2-11H2,1H3. The largest absolute Gasteiger partial charge is 0.340 e. The monoisotopic (exact) mass is 264 g/mol. The van der Waals surface area contributed by atoms with E-state index in [0.29, 0.717) is 5.89 Å². The second-order valence-corrected chi connectivity index (χ2v) is 5.82. The van der Waals surface area contributed by atoms with Gasteiger partial charge >= 0.3 is 0 Å². The van der Waals surface area contributed by atoms with Gasteiger partial charge in [0.25, 0.3) is 0 Å². The fraction of sp³-hybridized carbons (Fsp3) is 0.857. The van der Waals surface area contributed by atoms with Gasteiger partial charge in [-0.3, -0.25) is 4.90 Å². The van der Waals surface area contributed by atoms with Gasteiger partial charge in [-0.05, 0) is 38.9 Å². The molecule has 0 saturated carbocycles. The summed E-state index contributed by atoms with van der Waals surface area (Å²) in [5, 5.41) is 3.98. The fourth-order valence-electron chi connectivity index (χ4n) is 3.35. The van der Waals surface area contributed by atoms with Crippen molar-refractivity contribution in [3.8, 4) is 0 Å². The van der Waals surface area contributed by atoms with E-state index < -0.39 is 0 Å². The molecule has 19 heavy (non-hydrogen) atoms. The summed E-state index contributed by atoms with van der Waals surface area (Å²) in [7, 11) is 0. The van der Waals surface area contributed by atoms with Crippen LogP contribution in [0.2, 0.25) is 0 Å². The van der Waals surface area contributed by atoms with Crippen molar-refractivity contribution >= 4 is 0 Å². The lowest BCUT2D eigenvalue weighted by Gasteiger charge is -2.35. The number of aromatic nitrogens is 2. The van der Waals surface area contributed by atoms with Gasteiger partial charge in [-0.2, -0.15) is 4.98 Å². The highest BCUT2D eigenvalue weighted by atomic mass is 16.5. The van der Waals surface area contributed by atoms with Crippen LogP contribution in [0.3, 0.4) is 0 Å². The van der Waals surface area contributed by atoms with Crippen LogP contribution in [0.5, 0.6) is 0 Å². The average Bonchev–Trinajstić information content (AvgIpc) is 2.72. The first-order valence-electron chi connectivity index (χ1n) is 7.57. The molecule has 5 heteroatoms. The molecule has 2 fully saturated rings. The first-order valence-corrected chi connectivity index (χ1v) is 7.57. The molecule has 5 nitrogen and oxygen atoms in total. The van der Waals surface area contributed by atoms with E-state index >= 15 is 0 Å². The van der Waals surface area contributed by atoms with E-state index in [9.17, 15) is 0 Å². The molecule has 1 aromatic heterocycles. The maximum absolute atomic E-state index is 5.03. The van der Waals surface area contributed by atoms with Gasteiger partial charge in [0.2, 0.25) is 5.89 Å². The molecule has 3 rings (SSSR count). The zero-order valence-electron chi connectivity index (χ0n) is 11.8. The first kappa shape index (κ1) is 13.1. The van der Waals surface area contributed by atoms with Gasteiger partial charge in [-0.15, -0.1) is 0 Å². The Balaban J connectivity index is 1.53. The van der Waals surface area contributed by atoms with Gasteiger partial charge in [0.15, 0.2) is 5.82 Å². The summed E-state index contributed by atoms with van der Waals surface area (Å²) in [5.74, 6) is 1.52. The van der Waals surface area contributed by atoms with E-state index in [2.05, 4.69) is 19.9 Å². The Morgan fingerprint density at radius 3 is 2.95 bits per heavy atom. The van der Waals surface area contributed by atoms with Gasteiger partial charge in [0, 0.05) is 32.5 Å². The van der Waals surface area contributed by atoms with Crippen molar-refractivity contribution in [3.05, 3.63) is 11.7 Å². The maximum Gasteiger partial charge on any atom is 0.223 e. The number of nitrogens with zero attached hydrogens (tertiary/aromatic N) is 4. The minimum Gasteiger partial charge on any atom is -0.340 e. The molecule has 1 aromatic rings. The number of rotatable bonds is 3. The van der Waals surface area contributed by atoms with Gasteiger partial charge in [-0.1, -0.05) is 11.6 Å². The summed E-state index contributed by atoms with van der Waals surface area (Å²) in [6.07, 6.45) is 6.36. The number of fused-ring (bicyclic) bond motifs is 1. The third-order valence-corrected chi connectivity index (χ3v) is 4.36. The first-order chi connectivity index (χ1) is 9.31. The lowest BCUT2D eigenvalue weighted by Crippen LogP contribution is -2.44. The Hall–Kier alpha value is -0.940. The third-order valence-electron chi connectivity index (χ3n) is 4.36. The predicted molar refractivity (Wildman–Crippen MR) is 73.0 cm³/mol. The number of hydrogen-bond acceptors (Lipinski definition) is 5. The van der Waals surface area contributed by atoms with Crippen molar-refractivity contribution in [1.29, 1.82) is 0 Å². The molecule has 2 aliphatic heterocycles. The number of aryl methyl sites for hydroxylation is 1. The molecular formula is C14H24N4O. The molecule has 106 valence electrons. The van der Waals surface area contributed by atoms with E-state index in [4.69, 9.17) is 4.52 Å². The van der Waals surface area contributed by atoms with Gasteiger partial charge in [0.05, 0.1) is 0 Å². The van der Waals surface area contributed by atoms with E-state index in [-0.39, 0.29) is 0 Å². The topological polar surface area (TPSA) is 45.4 Å². The lowest BCUT2D eigenvalue weighted by molar-refractivity contribution is 0.137. The van der Waals surface area contributed by atoms with Crippen LogP contribution in [-0.4, -0.2) is 58.7 Å². The molecule has 2 aliphatic rings. The highest BCUT2D eigenvalue weighted by Crippen LogP contribution is 2.20. The summed E-state index contributed by atoms with van der Waals surface area (Å²) >= 11 is 0. The van der Waals surface area contributed by atoms with Crippen LogP contribution >= 0.6 is 0 Å². The van der Waals surface area contributed by atoms with Crippen molar-refractivity contribution in [1.82, 2.24) is 19.9 Å². The Labute approximate surface area is 115 Å². The SMILES string of the molecule is Cc1nc(CCN2CCCN3CCCCC3C2)no1. The van der Waals surface area contributed by atoms with E-state index in [1.807, 2.05) is 6.92 Å². The zero-order valence-corrected chi connectivity index (χ0v) is 11.8. The normalized spacial score (nSPS) is 26.1. The summed E-state index contributed by atoms with van der Waals surface area (Å²) < 4.78 is 5.03. The Bertz CT molecular complexity index is 406. The second kappa shape index (κ2) is 6.01.